The predicted octanol–water partition coefficient (Wildman–Crippen LogP) is 4.54. The van der Waals surface area contributed by atoms with Crippen molar-refractivity contribution in [3.05, 3.63) is 70.1 Å². The Morgan fingerprint density at radius 3 is 2.78 bits per heavy atom. The molecule has 0 unspecified atom stereocenters. The number of aromatic nitrogens is 1. The molecule has 1 heterocycles. The third kappa shape index (κ3) is 3.08. The molecule has 23 heavy (non-hydrogen) atoms. The Morgan fingerprint density at radius 1 is 1.26 bits per heavy atom. The summed E-state index contributed by atoms with van der Waals surface area (Å²) in [5.41, 5.74) is 2.82. The molecule has 1 amide bonds. The van der Waals surface area contributed by atoms with E-state index in [1.165, 1.54) is 11.0 Å². The zero-order valence-electron chi connectivity index (χ0n) is 12.9. The van der Waals surface area contributed by atoms with Crippen LogP contribution in [0.5, 0.6) is 0 Å². The Hall–Kier alpha value is -2.33. The number of aromatic amines is 1. The van der Waals surface area contributed by atoms with Crippen molar-refractivity contribution in [1.29, 1.82) is 0 Å². The second-order valence-electron chi connectivity index (χ2n) is 5.64. The van der Waals surface area contributed by atoms with E-state index in [-0.39, 0.29) is 12.5 Å². The van der Waals surface area contributed by atoms with Crippen LogP contribution < -0.4 is 0 Å². The summed E-state index contributed by atoms with van der Waals surface area (Å²) in [5.74, 6) is -0.623. The number of rotatable bonds is 3. The van der Waals surface area contributed by atoms with E-state index in [0.29, 0.717) is 16.3 Å². The van der Waals surface area contributed by atoms with Crippen LogP contribution in [0, 0.1) is 12.7 Å². The summed E-state index contributed by atoms with van der Waals surface area (Å²) < 4.78 is 13.9. The molecule has 2 aromatic carbocycles. The fraction of sp³-hybridized carbons (Fsp3) is 0.167. The number of H-pyrrole nitrogens is 1. The maximum absolute atomic E-state index is 13.9. The highest BCUT2D eigenvalue weighted by atomic mass is 35.5. The number of aryl methyl sites for hydroxylation is 1. The first-order valence-corrected chi connectivity index (χ1v) is 7.61. The molecule has 118 valence electrons. The monoisotopic (exact) mass is 330 g/mol. The Morgan fingerprint density at radius 2 is 2.04 bits per heavy atom. The zero-order valence-corrected chi connectivity index (χ0v) is 13.6. The number of carbonyl (C=O) groups is 1. The van der Waals surface area contributed by atoms with Crippen LogP contribution in [0.15, 0.2) is 42.5 Å². The van der Waals surface area contributed by atoms with Crippen LogP contribution in [0.25, 0.3) is 10.9 Å². The molecule has 0 saturated heterocycles. The standard InChI is InChI=1S/C18H16ClFN2O/c1-11-6-7-16-12(8-11)9-17(21-16)18(23)22(2)10-13-14(19)4-3-5-15(13)20/h3-9,21H,10H2,1-2H3. The Kier molecular flexibility index (Phi) is 4.09. The third-order valence-electron chi connectivity index (χ3n) is 3.81. The lowest BCUT2D eigenvalue weighted by Crippen LogP contribution is -2.27. The molecule has 0 aliphatic heterocycles. The van der Waals surface area contributed by atoms with Crippen LogP contribution in [0.3, 0.4) is 0 Å². The van der Waals surface area contributed by atoms with Gasteiger partial charge in [-0.1, -0.05) is 29.3 Å². The van der Waals surface area contributed by atoms with Gasteiger partial charge in [-0.3, -0.25) is 4.79 Å². The average Bonchev–Trinajstić information content (AvgIpc) is 2.93. The van der Waals surface area contributed by atoms with E-state index < -0.39 is 5.82 Å². The number of amides is 1. The molecule has 0 radical (unpaired) electrons. The summed E-state index contributed by atoms with van der Waals surface area (Å²) in [5, 5.41) is 1.29. The highest BCUT2D eigenvalue weighted by molar-refractivity contribution is 6.31. The number of benzene rings is 2. The number of nitrogens with one attached hydrogen (secondary N) is 1. The van der Waals surface area contributed by atoms with Crippen LogP contribution in [0.4, 0.5) is 4.39 Å². The van der Waals surface area contributed by atoms with E-state index in [1.54, 1.807) is 19.2 Å². The van der Waals surface area contributed by atoms with Gasteiger partial charge >= 0.3 is 0 Å². The van der Waals surface area contributed by atoms with Gasteiger partial charge in [0.1, 0.15) is 11.5 Å². The van der Waals surface area contributed by atoms with E-state index in [0.717, 1.165) is 16.5 Å². The van der Waals surface area contributed by atoms with Gasteiger partial charge in [-0.05, 0) is 37.3 Å². The molecule has 0 fully saturated rings. The summed E-state index contributed by atoms with van der Waals surface area (Å²) >= 11 is 6.02. The molecule has 0 atom stereocenters. The normalized spacial score (nSPS) is 11.0. The first-order chi connectivity index (χ1) is 11.0. The lowest BCUT2D eigenvalue weighted by molar-refractivity contribution is 0.0779. The molecule has 5 heteroatoms. The summed E-state index contributed by atoms with van der Waals surface area (Å²) in [7, 11) is 1.63. The molecule has 0 saturated carbocycles. The molecule has 3 aromatic rings. The van der Waals surface area contributed by atoms with Gasteiger partial charge in [-0.15, -0.1) is 0 Å². The SMILES string of the molecule is Cc1ccc2[nH]c(C(=O)N(C)Cc3c(F)cccc3Cl)cc2c1. The number of nitrogens with zero attached hydrogens (tertiary/aromatic N) is 1. The van der Waals surface area contributed by atoms with Gasteiger partial charge in [0.15, 0.2) is 0 Å². The quantitative estimate of drug-likeness (QED) is 0.752. The number of fused-ring (bicyclic) bond motifs is 1. The van der Waals surface area contributed by atoms with Crippen molar-refractivity contribution in [3.8, 4) is 0 Å². The molecule has 3 rings (SSSR count). The molecule has 0 spiro atoms. The summed E-state index contributed by atoms with van der Waals surface area (Å²) in [6.07, 6.45) is 0. The maximum Gasteiger partial charge on any atom is 0.270 e. The van der Waals surface area contributed by atoms with E-state index in [4.69, 9.17) is 11.6 Å². The van der Waals surface area contributed by atoms with Crippen LogP contribution in [-0.2, 0) is 6.54 Å². The minimum absolute atomic E-state index is 0.110. The average molecular weight is 331 g/mol. The first kappa shape index (κ1) is 15.6. The number of hydrogen-bond donors (Lipinski definition) is 1. The van der Waals surface area contributed by atoms with Crippen molar-refractivity contribution < 1.29 is 9.18 Å². The van der Waals surface area contributed by atoms with Crippen LogP contribution >= 0.6 is 11.6 Å². The van der Waals surface area contributed by atoms with Crippen LogP contribution in [0.1, 0.15) is 21.6 Å². The second-order valence-corrected chi connectivity index (χ2v) is 6.04. The number of halogens is 2. The van der Waals surface area contributed by atoms with Gasteiger partial charge in [0.2, 0.25) is 0 Å². The number of hydrogen-bond acceptors (Lipinski definition) is 1. The van der Waals surface area contributed by atoms with Gasteiger partial charge in [0.05, 0.1) is 6.54 Å². The molecule has 0 aliphatic rings. The van der Waals surface area contributed by atoms with Crippen LogP contribution in [-0.4, -0.2) is 22.8 Å². The predicted molar refractivity (Wildman–Crippen MR) is 90.2 cm³/mol. The van der Waals surface area contributed by atoms with Crippen molar-refractivity contribution in [2.75, 3.05) is 7.05 Å². The topological polar surface area (TPSA) is 36.1 Å². The summed E-state index contributed by atoms with van der Waals surface area (Å²) in [4.78, 5) is 17.1. The van der Waals surface area contributed by atoms with E-state index in [1.807, 2.05) is 31.2 Å². The highest BCUT2D eigenvalue weighted by Gasteiger charge is 2.17. The molecular formula is C18H16ClFN2O. The lowest BCUT2D eigenvalue weighted by atomic mass is 10.2. The lowest BCUT2D eigenvalue weighted by Gasteiger charge is -2.17. The van der Waals surface area contributed by atoms with Crippen molar-refractivity contribution in [2.45, 2.75) is 13.5 Å². The van der Waals surface area contributed by atoms with Crippen molar-refractivity contribution in [3.63, 3.8) is 0 Å². The van der Waals surface area contributed by atoms with Gasteiger partial charge in [-0.25, -0.2) is 4.39 Å². The summed E-state index contributed by atoms with van der Waals surface area (Å²) in [6, 6.07) is 12.2. The Labute approximate surface area is 138 Å². The summed E-state index contributed by atoms with van der Waals surface area (Å²) in [6.45, 7) is 2.11. The number of carbonyl (C=O) groups excluding carboxylic acids is 1. The Bertz CT molecular complexity index is 868. The van der Waals surface area contributed by atoms with E-state index in [2.05, 4.69) is 4.98 Å². The first-order valence-electron chi connectivity index (χ1n) is 7.23. The molecule has 0 aliphatic carbocycles. The van der Waals surface area contributed by atoms with Gasteiger partial charge in [-0.2, -0.15) is 0 Å². The highest BCUT2D eigenvalue weighted by Crippen LogP contribution is 2.22. The minimum atomic E-state index is -0.413. The molecular weight excluding hydrogens is 315 g/mol. The second kappa shape index (κ2) is 6.05. The maximum atomic E-state index is 13.9. The fourth-order valence-electron chi connectivity index (χ4n) is 2.57. The van der Waals surface area contributed by atoms with Gasteiger partial charge in [0, 0.05) is 28.5 Å². The van der Waals surface area contributed by atoms with Crippen molar-refractivity contribution >= 4 is 28.4 Å². The molecule has 1 aromatic heterocycles. The molecule has 1 N–H and O–H groups in total. The Balaban J connectivity index is 1.86. The molecule has 3 nitrogen and oxygen atoms in total. The van der Waals surface area contributed by atoms with E-state index in [9.17, 15) is 9.18 Å². The van der Waals surface area contributed by atoms with Gasteiger partial charge in [0.25, 0.3) is 5.91 Å². The minimum Gasteiger partial charge on any atom is -0.351 e. The zero-order chi connectivity index (χ0) is 16.6. The molecule has 0 bridgehead atoms. The van der Waals surface area contributed by atoms with Crippen molar-refractivity contribution in [1.82, 2.24) is 9.88 Å². The van der Waals surface area contributed by atoms with E-state index >= 15 is 0 Å². The van der Waals surface area contributed by atoms with Crippen molar-refractivity contribution in [2.24, 2.45) is 0 Å². The largest absolute Gasteiger partial charge is 0.351 e. The fourth-order valence-corrected chi connectivity index (χ4v) is 2.79. The van der Waals surface area contributed by atoms with Crippen LogP contribution in [0.2, 0.25) is 5.02 Å². The van der Waals surface area contributed by atoms with Gasteiger partial charge < -0.3 is 9.88 Å². The third-order valence-corrected chi connectivity index (χ3v) is 4.16. The smallest absolute Gasteiger partial charge is 0.270 e.